The Morgan fingerprint density at radius 2 is 1.86 bits per heavy atom. The van der Waals surface area contributed by atoms with E-state index in [9.17, 15) is 9.00 Å². The lowest BCUT2D eigenvalue weighted by Gasteiger charge is -2.14. The number of benzene rings is 3. The molecular weight excluding hydrogens is 483 g/mol. The Bertz CT molecular complexity index is 1520. The summed E-state index contributed by atoms with van der Waals surface area (Å²) in [6.07, 6.45) is 1.59. The maximum absolute atomic E-state index is 15.1. The predicted molar refractivity (Wildman–Crippen MR) is 139 cm³/mol. The van der Waals surface area contributed by atoms with E-state index < -0.39 is 22.8 Å². The molecule has 1 unspecified atom stereocenters. The lowest BCUT2D eigenvalue weighted by molar-refractivity contribution is -0.114. The van der Waals surface area contributed by atoms with Crippen molar-refractivity contribution in [2.45, 2.75) is 11.8 Å². The highest BCUT2D eigenvalue weighted by molar-refractivity contribution is 7.80. The number of ether oxygens (including phenoxy) is 1. The first-order chi connectivity index (χ1) is 17.3. The number of carbonyl (C=O) groups excluding carboxylic acids is 1. The lowest BCUT2D eigenvalue weighted by Crippen LogP contribution is -2.14. The maximum atomic E-state index is 15.1. The van der Waals surface area contributed by atoms with Gasteiger partial charge in [-0.05, 0) is 59.3 Å². The molecule has 0 bridgehead atoms. The number of nitrogens with zero attached hydrogens (tertiary/aromatic N) is 1. The van der Waals surface area contributed by atoms with Crippen LogP contribution in [0.5, 0.6) is 5.75 Å². The van der Waals surface area contributed by atoms with Crippen LogP contribution in [-0.2, 0) is 20.2 Å². The van der Waals surface area contributed by atoms with E-state index in [0.717, 1.165) is 5.39 Å². The van der Waals surface area contributed by atoms with E-state index in [0.29, 0.717) is 32.8 Å². The Balaban J connectivity index is 1.63. The highest BCUT2D eigenvalue weighted by atomic mass is 32.2. The summed E-state index contributed by atoms with van der Waals surface area (Å²) in [5.74, 6) is 3.81. The van der Waals surface area contributed by atoms with Crippen LogP contribution in [0.25, 0.3) is 27.5 Å². The van der Waals surface area contributed by atoms with Crippen molar-refractivity contribution in [2.24, 2.45) is 5.90 Å². The molecule has 184 valence electrons. The van der Waals surface area contributed by atoms with E-state index in [4.69, 9.17) is 16.4 Å². The van der Waals surface area contributed by atoms with Crippen molar-refractivity contribution in [3.8, 4) is 16.9 Å². The number of nitrogens with two attached hydrogens (primary N) is 2. The number of anilines is 2. The first-order valence-electron chi connectivity index (χ1n) is 10.7. The number of nitrogens with one attached hydrogen (secondary N) is 1. The van der Waals surface area contributed by atoms with Crippen molar-refractivity contribution in [1.82, 2.24) is 4.98 Å². The van der Waals surface area contributed by atoms with Crippen LogP contribution in [0.4, 0.5) is 15.9 Å². The summed E-state index contributed by atoms with van der Waals surface area (Å²) in [6, 6.07) is 18.7. The Labute approximate surface area is 209 Å². The minimum atomic E-state index is -1.87. The molecule has 0 aliphatic rings. The van der Waals surface area contributed by atoms with E-state index in [2.05, 4.69) is 14.6 Å². The minimum Gasteiger partial charge on any atom is -0.495 e. The largest absolute Gasteiger partial charge is 0.495 e. The number of halogens is 1. The van der Waals surface area contributed by atoms with Crippen LogP contribution in [0.3, 0.4) is 0 Å². The number of allylic oxidation sites excluding steroid dienone is 1. The number of fused-ring (bicyclic) bond motifs is 1. The number of amides is 1. The standard InChI is InChI=1S/C26H23FN4O4S/c1-15(17-8-7-16-11-12-30-25(28)20(16)13-17)24(27)26(32)31-21-10-9-18(14-22(21)34-2)19-5-3-4-6-23(19)36(33)35-29/h3-14H,29H2,1-2H3,(H2,28,30)(H,31,32)/b24-15+. The lowest BCUT2D eigenvalue weighted by atomic mass is 10.0. The van der Waals surface area contributed by atoms with Gasteiger partial charge in [0.25, 0.3) is 5.91 Å². The van der Waals surface area contributed by atoms with Gasteiger partial charge >= 0.3 is 0 Å². The summed E-state index contributed by atoms with van der Waals surface area (Å²) in [5, 5.41) is 4.08. The number of hydrogen-bond acceptors (Lipinski definition) is 7. The van der Waals surface area contributed by atoms with E-state index >= 15 is 4.39 Å². The summed E-state index contributed by atoms with van der Waals surface area (Å²) >= 11 is -1.87. The van der Waals surface area contributed by atoms with Gasteiger partial charge in [0.2, 0.25) is 11.1 Å². The van der Waals surface area contributed by atoms with Crippen LogP contribution in [0.2, 0.25) is 0 Å². The van der Waals surface area contributed by atoms with Gasteiger partial charge in [-0.25, -0.2) is 13.6 Å². The molecule has 0 saturated carbocycles. The second-order valence-corrected chi connectivity index (χ2v) is 8.87. The molecule has 36 heavy (non-hydrogen) atoms. The molecule has 1 heterocycles. The zero-order valence-corrected chi connectivity index (χ0v) is 20.3. The fraction of sp³-hybridized carbons (Fsp3) is 0.0769. The third-order valence-corrected chi connectivity index (χ3v) is 6.56. The van der Waals surface area contributed by atoms with E-state index in [-0.39, 0.29) is 17.0 Å². The normalized spacial score (nSPS) is 12.7. The molecule has 10 heteroatoms. The van der Waals surface area contributed by atoms with Crippen molar-refractivity contribution in [2.75, 3.05) is 18.2 Å². The van der Waals surface area contributed by atoms with Gasteiger partial charge in [-0.2, -0.15) is 10.2 Å². The highest BCUT2D eigenvalue weighted by Gasteiger charge is 2.18. The van der Waals surface area contributed by atoms with E-state index in [1.807, 2.05) is 0 Å². The molecule has 3 aromatic carbocycles. The highest BCUT2D eigenvalue weighted by Crippen LogP contribution is 2.34. The van der Waals surface area contributed by atoms with Crippen molar-refractivity contribution in [3.05, 3.63) is 84.3 Å². The fourth-order valence-corrected chi connectivity index (χ4v) is 4.42. The van der Waals surface area contributed by atoms with Crippen LogP contribution < -0.4 is 21.7 Å². The van der Waals surface area contributed by atoms with E-state index in [1.54, 1.807) is 72.9 Å². The fourth-order valence-electron chi connectivity index (χ4n) is 3.76. The van der Waals surface area contributed by atoms with Gasteiger partial charge in [0.05, 0.1) is 17.7 Å². The van der Waals surface area contributed by atoms with Gasteiger partial charge in [0, 0.05) is 17.1 Å². The third kappa shape index (κ3) is 4.96. The predicted octanol–water partition coefficient (Wildman–Crippen LogP) is 4.74. The SMILES string of the molecule is COc1cc(-c2ccccc2S(=O)ON)ccc1NC(=O)/C(F)=C(/C)c1ccc2ccnc(N)c2c1. The molecule has 0 aliphatic carbocycles. The Morgan fingerprint density at radius 1 is 1.08 bits per heavy atom. The molecule has 5 N–H and O–H groups in total. The van der Waals surface area contributed by atoms with Crippen LogP contribution in [-0.4, -0.2) is 22.2 Å². The quantitative estimate of drug-likeness (QED) is 0.244. The second-order valence-electron chi connectivity index (χ2n) is 7.77. The second kappa shape index (κ2) is 10.6. The number of nitrogen functional groups attached to an aromatic ring is 1. The van der Waals surface area contributed by atoms with Gasteiger partial charge in [0.15, 0.2) is 5.83 Å². The molecule has 1 aromatic heterocycles. The van der Waals surface area contributed by atoms with E-state index in [1.165, 1.54) is 14.0 Å². The van der Waals surface area contributed by atoms with Crippen molar-refractivity contribution < 1.29 is 22.4 Å². The molecule has 4 aromatic rings. The van der Waals surface area contributed by atoms with Crippen LogP contribution >= 0.6 is 0 Å². The molecule has 8 nitrogen and oxygen atoms in total. The number of carbonyl (C=O) groups is 1. The topological polar surface area (TPSA) is 130 Å². The first-order valence-corrected chi connectivity index (χ1v) is 11.8. The summed E-state index contributed by atoms with van der Waals surface area (Å²) in [6.45, 7) is 1.51. The molecule has 0 spiro atoms. The monoisotopic (exact) mass is 506 g/mol. The number of aromatic nitrogens is 1. The van der Waals surface area contributed by atoms with Gasteiger partial charge in [-0.1, -0.05) is 36.4 Å². The molecule has 0 saturated heterocycles. The van der Waals surface area contributed by atoms with Gasteiger partial charge in [-0.3, -0.25) is 4.79 Å². The molecule has 4 rings (SSSR count). The van der Waals surface area contributed by atoms with Crippen LogP contribution in [0.1, 0.15) is 12.5 Å². The molecule has 1 amide bonds. The number of pyridine rings is 1. The number of rotatable bonds is 7. The average molecular weight is 507 g/mol. The van der Waals surface area contributed by atoms with Crippen LogP contribution in [0.15, 0.2) is 83.6 Å². The van der Waals surface area contributed by atoms with Gasteiger partial charge in [-0.15, -0.1) is 0 Å². The summed E-state index contributed by atoms with van der Waals surface area (Å²) < 4.78 is 37.2. The Kier molecular flexibility index (Phi) is 7.39. The Hall–Kier alpha value is -4.12. The zero-order valence-electron chi connectivity index (χ0n) is 19.4. The number of methoxy groups -OCH3 is 1. The summed E-state index contributed by atoms with van der Waals surface area (Å²) in [4.78, 5) is 17.2. The van der Waals surface area contributed by atoms with Crippen LogP contribution in [0, 0.1) is 0 Å². The smallest absolute Gasteiger partial charge is 0.284 e. The Morgan fingerprint density at radius 3 is 2.61 bits per heavy atom. The van der Waals surface area contributed by atoms with Crippen molar-refractivity contribution in [1.29, 1.82) is 0 Å². The number of hydrogen-bond donors (Lipinski definition) is 3. The first kappa shape index (κ1) is 25.0. The van der Waals surface area contributed by atoms with Crippen molar-refractivity contribution >= 4 is 44.8 Å². The van der Waals surface area contributed by atoms with Gasteiger partial charge in [0.1, 0.15) is 11.6 Å². The molecule has 1 atom stereocenters. The zero-order chi connectivity index (χ0) is 25.8. The molecule has 0 fully saturated rings. The molecule has 0 radical (unpaired) electrons. The molecular formula is C26H23FN4O4S. The minimum absolute atomic E-state index is 0.145. The maximum Gasteiger partial charge on any atom is 0.284 e. The molecule has 0 aliphatic heterocycles. The third-order valence-electron chi connectivity index (χ3n) is 5.67. The average Bonchev–Trinajstić information content (AvgIpc) is 2.92. The summed E-state index contributed by atoms with van der Waals surface area (Å²) in [5.41, 5.74) is 8.09. The van der Waals surface area contributed by atoms with Gasteiger partial charge < -0.3 is 15.8 Å². The summed E-state index contributed by atoms with van der Waals surface area (Å²) in [7, 11) is 1.42. The van der Waals surface area contributed by atoms with Crippen molar-refractivity contribution in [3.63, 3.8) is 0 Å².